The highest BCUT2D eigenvalue weighted by molar-refractivity contribution is 6.30. The average molecular weight is 354 g/mol. The van der Waals surface area contributed by atoms with Gasteiger partial charge in [0.1, 0.15) is 5.65 Å². The average Bonchev–Trinajstić information content (AvgIpc) is 2.90. The van der Waals surface area contributed by atoms with Crippen LogP contribution in [0.25, 0.3) is 11.0 Å². The lowest BCUT2D eigenvalue weighted by Gasteiger charge is -2.03. The maximum Gasteiger partial charge on any atom is 0.283 e. The van der Waals surface area contributed by atoms with E-state index in [1.54, 1.807) is 18.2 Å². The highest BCUT2D eigenvalue weighted by atomic mass is 35.5. The number of halogens is 2. The quantitative estimate of drug-likeness (QED) is 0.558. The molecule has 0 atom stereocenters. The number of nitrogens with zero attached hydrogens (tertiary/aromatic N) is 2. The van der Waals surface area contributed by atoms with Crippen LogP contribution in [-0.2, 0) is 11.8 Å². The normalized spacial score (nSPS) is 10.2. The Kier molecular flexibility index (Phi) is 4.55. The molecule has 0 fully saturated rings. The predicted octanol–water partition coefficient (Wildman–Crippen LogP) is 4.05. The number of hydrogen-bond acceptors (Lipinski definition) is 2. The molecular weight excluding hydrogens is 341 g/mol. The number of fused-ring (bicyclic) bond motifs is 1. The van der Waals surface area contributed by atoms with Gasteiger partial charge in [-0.05, 0) is 30.3 Å². The standard InChI is InChI=1S/C19H13ClFN3O/c1-12(21)19(25)23-16-9-17-14(11-24(2)18(17)22-10-16)6-3-13-4-7-15(20)8-5-13/h4-5,7-11H,1H2,2H3,(H,23,25). The largest absolute Gasteiger partial charge is 0.334 e. The summed E-state index contributed by atoms with van der Waals surface area (Å²) in [7, 11) is 1.85. The second-order valence-corrected chi connectivity index (χ2v) is 5.80. The summed E-state index contributed by atoms with van der Waals surface area (Å²) in [5.41, 5.74) is 2.65. The molecule has 3 aromatic rings. The highest BCUT2D eigenvalue weighted by Gasteiger charge is 2.10. The second kappa shape index (κ2) is 6.80. The Bertz CT molecular complexity index is 1040. The van der Waals surface area contributed by atoms with Crippen LogP contribution in [0.5, 0.6) is 0 Å². The number of rotatable bonds is 2. The maximum absolute atomic E-state index is 12.9. The van der Waals surface area contributed by atoms with Gasteiger partial charge in [-0.1, -0.05) is 30.0 Å². The zero-order valence-corrected chi connectivity index (χ0v) is 14.1. The summed E-state index contributed by atoms with van der Waals surface area (Å²) in [6.07, 6.45) is 3.31. The molecule has 2 aromatic heterocycles. The molecule has 0 bridgehead atoms. The topological polar surface area (TPSA) is 46.9 Å². The molecule has 124 valence electrons. The maximum atomic E-state index is 12.9. The third-order valence-electron chi connectivity index (χ3n) is 3.50. The molecule has 2 heterocycles. The molecular formula is C19H13ClFN3O. The van der Waals surface area contributed by atoms with Crippen molar-refractivity contribution in [3.8, 4) is 11.8 Å². The predicted molar refractivity (Wildman–Crippen MR) is 97.0 cm³/mol. The molecule has 0 spiro atoms. The van der Waals surface area contributed by atoms with Crippen molar-refractivity contribution in [3.63, 3.8) is 0 Å². The third-order valence-corrected chi connectivity index (χ3v) is 3.76. The number of amides is 1. The monoisotopic (exact) mass is 353 g/mol. The number of aromatic nitrogens is 2. The van der Waals surface area contributed by atoms with Gasteiger partial charge < -0.3 is 9.88 Å². The fourth-order valence-electron chi connectivity index (χ4n) is 2.30. The van der Waals surface area contributed by atoms with Crippen LogP contribution in [0.1, 0.15) is 11.1 Å². The number of hydrogen-bond donors (Lipinski definition) is 1. The van der Waals surface area contributed by atoms with Crippen LogP contribution in [-0.4, -0.2) is 15.5 Å². The van der Waals surface area contributed by atoms with Crippen molar-refractivity contribution in [1.29, 1.82) is 0 Å². The van der Waals surface area contributed by atoms with E-state index in [2.05, 4.69) is 28.7 Å². The molecule has 3 rings (SSSR count). The molecule has 0 radical (unpaired) electrons. The zero-order chi connectivity index (χ0) is 18.0. The fourth-order valence-corrected chi connectivity index (χ4v) is 2.43. The minimum Gasteiger partial charge on any atom is -0.334 e. The van der Waals surface area contributed by atoms with Gasteiger partial charge in [-0.3, -0.25) is 4.79 Å². The van der Waals surface area contributed by atoms with Crippen molar-refractivity contribution < 1.29 is 9.18 Å². The number of carbonyl (C=O) groups excluding carboxylic acids is 1. The molecule has 6 heteroatoms. The van der Waals surface area contributed by atoms with Crippen LogP contribution in [0.2, 0.25) is 5.02 Å². The van der Waals surface area contributed by atoms with Crippen molar-refractivity contribution >= 4 is 34.2 Å². The zero-order valence-electron chi connectivity index (χ0n) is 13.3. The first-order valence-electron chi connectivity index (χ1n) is 7.32. The van der Waals surface area contributed by atoms with Crippen LogP contribution in [0.4, 0.5) is 10.1 Å². The number of nitrogens with one attached hydrogen (secondary N) is 1. The van der Waals surface area contributed by atoms with E-state index in [1.807, 2.05) is 29.9 Å². The molecule has 0 saturated carbocycles. The lowest BCUT2D eigenvalue weighted by atomic mass is 10.2. The lowest BCUT2D eigenvalue weighted by Crippen LogP contribution is -2.11. The Morgan fingerprint density at radius 3 is 2.72 bits per heavy atom. The minimum atomic E-state index is -1.06. The van der Waals surface area contributed by atoms with E-state index in [9.17, 15) is 9.18 Å². The summed E-state index contributed by atoms with van der Waals surface area (Å²) in [5.74, 6) is 4.19. The SMILES string of the molecule is C=C(F)C(=O)Nc1cnc2c(c1)c(C#Cc1ccc(Cl)cc1)cn2C. The van der Waals surface area contributed by atoms with Crippen LogP contribution >= 0.6 is 11.6 Å². The summed E-state index contributed by atoms with van der Waals surface area (Å²) in [6.45, 7) is 2.97. The first kappa shape index (κ1) is 16.7. The van der Waals surface area contributed by atoms with Crippen molar-refractivity contribution in [2.24, 2.45) is 7.05 Å². The molecule has 25 heavy (non-hydrogen) atoms. The Hall–Kier alpha value is -3.10. The third kappa shape index (κ3) is 3.70. The van der Waals surface area contributed by atoms with Gasteiger partial charge in [0.2, 0.25) is 0 Å². The van der Waals surface area contributed by atoms with Crippen LogP contribution < -0.4 is 5.32 Å². The van der Waals surface area contributed by atoms with Gasteiger partial charge in [0.25, 0.3) is 5.91 Å². The lowest BCUT2D eigenvalue weighted by molar-refractivity contribution is -0.114. The second-order valence-electron chi connectivity index (χ2n) is 5.36. The molecule has 4 nitrogen and oxygen atoms in total. The summed E-state index contributed by atoms with van der Waals surface area (Å²) < 4.78 is 14.7. The Labute approximate surface area is 148 Å². The number of carbonyl (C=O) groups is 1. The van der Waals surface area contributed by atoms with Gasteiger partial charge >= 0.3 is 0 Å². The molecule has 0 aliphatic rings. The summed E-state index contributed by atoms with van der Waals surface area (Å²) in [5, 5.41) is 3.81. The molecule has 1 aromatic carbocycles. The van der Waals surface area contributed by atoms with E-state index in [0.717, 1.165) is 16.5 Å². The van der Waals surface area contributed by atoms with Crippen molar-refractivity contribution in [2.75, 3.05) is 5.32 Å². The number of pyridine rings is 1. The minimum absolute atomic E-state index is 0.372. The van der Waals surface area contributed by atoms with E-state index in [-0.39, 0.29) is 0 Å². The molecule has 0 aliphatic heterocycles. The summed E-state index contributed by atoms with van der Waals surface area (Å²) >= 11 is 5.86. The van der Waals surface area contributed by atoms with E-state index >= 15 is 0 Å². The smallest absolute Gasteiger partial charge is 0.283 e. The Morgan fingerprint density at radius 1 is 1.32 bits per heavy atom. The molecule has 0 aliphatic carbocycles. The molecule has 1 amide bonds. The molecule has 0 unspecified atom stereocenters. The van der Waals surface area contributed by atoms with Crippen molar-refractivity contribution in [1.82, 2.24) is 9.55 Å². The number of aryl methyl sites for hydroxylation is 1. The first-order chi connectivity index (χ1) is 11.9. The van der Waals surface area contributed by atoms with Gasteiger partial charge in [-0.15, -0.1) is 0 Å². The van der Waals surface area contributed by atoms with Crippen LogP contribution in [0, 0.1) is 11.8 Å². The first-order valence-corrected chi connectivity index (χ1v) is 7.70. The van der Waals surface area contributed by atoms with Crippen LogP contribution in [0.15, 0.2) is 55.1 Å². The number of anilines is 1. The van der Waals surface area contributed by atoms with E-state index in [4.69, 9.17) is 11.6 Å². The van der Waals surface area contributed by atoms with Crippen molar-refractivity contribution in [3.05, 3.63) is 71.3 Å². The summed E-state index contributed by atoms with van der Waals surface area (Å²) in [4.78, 5) is 15.7. The van der Waals surface area contributed by atoms with Crippen molar-refractivity contribution in [2.45, 2.75) is 0 Å². The van der Waals surface area contributed by atoms with E-state index < -0.39 is 11.7 Å². The molecule has 1 N–H and O–H groups in total. The Morgan fingerprint density at radius 2 is 2.04 bits per heavy atom. The van der Waals surface area contributed by atoms with Crippen LogP contribution in [0.3, 0.4) is 0 Å². The molecule has 0 saturated heterocycles. The van der Waals surface area contributed by atoms with Gasteiger partial charge in [0, 0.05) is 29.2 Å². The van der Waals surface area contributed by atoms with Gasteiger partial charge in [0.15, 0.2) is 5.83 Å². The Balaban J connectivity index is 1.99. The fraction of sp³-hybridized carbons (Fsp3) is 0.0526. The van der Waals surface area contributed by atoms with Gasteiger partial charge in [0.05, 0.1) is 17.4 Å². The summed E-state index contributed by atoms with van der Waals surface area (Å²) in [6, 6.07) is 8.91. The highest BCUT2D eigenvalue weighted by Crippen LogP contribution is 2.22. The number of benzene rings is 1. The van der Waals surface area contributed by atoms with Gasteiger partial charge in [-0.25, -0.2) is 9.37 Å². The van der Waals surface area contributed by atoms with E-state index in [1.165, 1.54) is 6.20 Å². The van der Waals surface area contributed by atoms with E-state index in [0.29, 0.717) is 16.4 Å². The van der Waals surface area contributed by atoms with Gasteiger partial charge in [-0.2, -0.15) is 0 Å².